The van der Waals surface area contributed by atoms with Gasteiger partial charge in [-0.25, -0.2) is 0 Å². The first kappa shape index (κ1) is 16.0. The zero-order valence-electron chi connectivity index (χ0n) is 13.3. The molecule has 2 aliphatic heterocycles. The molecule has 1 saturated heterocycles. The largest absolute Gasteiger partial charge is 0.493 e. The maximum absolute atomic E-state index is 12.5. The number of carbonyl (C=O) groups is 2. The highest BCUT2D eigenvalue weighted by atomic mass is 32.2. The summed E-state index contributed by atoms with van der Waals surface area (Å²) in [5.74, 6) is 2.16. The van der Waals surface area contributed by atoms with Crippen molar-refractivity contribution < 1.29 is 19.1 Å². The van der Waals surface area contributed by atoms with Crippen LogP contribution in [0.1, 0.15) is 11.1 Å². The molecule has 7 heteroatoms. The minimum Gasteiger partial charge on any atom is -0.493 e. The Bertz CT molecular complexity index is 635. The van der Waals surface area contributed by atoms with Crippen molar-refractivity contribution in [3.05, 3.63) is 23.3 Å². The number of nitrogens with zero attached hydrogens (tertiary/aromatic N) is 2. The van der Waals surface area contributed by atoms with Gasteiger partial charge in [0.05, 0.1) is 14.2 Å². The zero-order chi connectivity index (χ0) is 16.4. The lowest BCUT2D eigenvalue weighted by Crippen LogP contribution is -2.42. The van der Waals surface area contributed by atoms with E-state index in [1.807, 2.05) is 17.0 Å². The molecule has 0 N–H and O–H groups in total. The number of hydrogen-bond acceptors (Lipinski definition) is 5. The van der Waals surface area contributed by atoms with Crippen LogP contribution >= 0.6 is 11.8 Å². The second kappa shape index (κ2) is 6.70. The molecule has 0 radical (unpaired) electrons. The summed E-state index contributed by atoms with van der Waals surface area (Å²) in [5, 5.41) is 0.00200. The third-order valence-corrected chi connectivity index (χ3v) is 5.13. The number of carbonyl (C=O) groups excluding carboxylic acids is 2. The molecular formula is C16H20N2O4S. The number of benzene rings is 1. The molecule has 124 valence electrons. The Balaban J connectivity index is 1.71. The van der Waals surface area contributed by atoms with Crippen LogP contribution in [0.15, 0.2) is 12.1 Å². The minimum absolute atomic E-state index is 0.00119. The summed E-state index contributed by atoms with van der Waals surface area (Å²) in [5.41, 5.74) is 2.25. The summed E-state index contributed by atoms with van der Waals surface area (Å²) in [4.78, 5) is 27.5. The number of thioether (sulfide) groups is 1. The molecule has 0 aromatic heterocycles. The predicted molar refractivity (Wildman–Crippen MR) is 88.1 cm³/mol. The average Bonchev–Trinajstić information content (AvgIpc) is 2.97. The lowest BCUT2D eigenvalue weighted by atomic mass is 9.98. The van der Waals surface area contributed by atoms with Crippen LogP contribution in [0, 0.1) is 0 Å². The number of fused-ring (bicyclic) bond motifs is 1. The lowest BCUT2D eigenvalue weighted by molar-refractivity contribution is -0.132. The van der Waals surface area contributed by atoms with Crippen molar-refractivity contribution in [2.75, 3.05) is 39.6 Å². The van der Waals surface area contributed by atoms with Crippen molar-refractivity contribution in [3.8, 4) is 11.5 Å². The van der Waals surface area contributed by atoms with Gasteiger partial charge < -0.3 is 19.3 Å². The maximum atomic E-state index is 12.5. The van der Waals surface area contributed by atoms with Crippen molar-refractivity contribution in [3.63, 3.8) is 0 Å². The van der Waals surface area contributed by atoms with E-state index in [2.05, 4.69) is 0 Å². The van der Waals surface area contributed by atoms with Crippen LogP contribution in [0.3, 0.4) is 0 Å². The Kier molecular flexibility index (Phi) is 4.66. The summed E-state index contributed by atoms with van der Waals surface area (Å²) in [6.07, 6.45) is 0.782. The first-order chi connectivity index (χ1) is 11.1. The highest BCUT2D eigenvalue weighted by Crippen LogP contribution is 2.33. The molecule has 2 aliphatic rings. The third-order valence-electron chi connectivity index (χ3n) is 4.24. The van der Waals surface area contributed by atoms with Gasteiger partial charge in [0.25, 0.3) is 5.24 Å². The zero-order valence-corrected chi connectivity index (χ0v) is 14.1. The van der Waals surface area contributed by atoms with Crippen molar-refractivity contribution in [1.29, 1.82) is 0 Å². The Labute approximate surface area is 139 Å². The summed E-state index contributed by atoms with van der Waals surface area (Å²) >= 11 is 1.28. The fourth-order valence-electron chi connectivity index (χ4n) is 2.93. The predicted octanol–water partition coefficient (Wildman–Crippen LogP) is 1.76. The molecule has 2 heterocycles. The lowest BCUT2D eigenvalue weighted by Gasteiger charge is -2.30. The van der Waals surface area contributed by atoms with Crippen LogP contribution in [0.25, 0.3) is 0 Å². The Hall–Kier alpha value is -1.89. The SMILES string of the molecule is COc1cc2c(cc1OC)CN(C(=O)CN1CCSC1=O)CC2. The number of rotatable bonds is 4. The molecule has 1 aromatic rings. The number of amides is 2. The van der Waals surface area contributed by atoms with E-state index in [-0.39, 0.29) is 17.7 Å². The van der Waals surface area contributed by atoms with Crippen LogP contribution in [0.5, 0.6) is 11.5 Å². The normalized spacial score (nSPS) is 17.2. The standard InChI is InChI=1S/C16H20N2O4S/c1-21-13-7-11-3-4-17(9-12(11)8-14(13)22-2)15(19)10-18-5-6-23-16(18)20/h7-8H,3-6,9-10H2,1-2H3. The van der Waals surface area contributed by atoms with Gasteiger partial charge in [0.15, 0.2) is 11.5 Å². The molecule has 23 heavy (non-hydrogen) atoms. The highest BCUT2D eigenvalue weighted by molar-refractivity contribution is 8.13. The third kappa shape index (κ3) is 3.24. The van der Waals surface area contributed by atoms with Gasteiger partial charge in [-0.05, 0) is 29.7 Å². The molecule has 3 rings (SSSR count). The topological polar surface area (TPSA) is 59.1 Å². The van der Waals surface area contributed by atoms with Gasteiger partial charge in [0.2, 0.25) is 5.91 Å². The second-order valence-corrected chi connectivity index (χ2v) is 6.62. The molecule has 6 nitrogen and oxygen atoms in total. The first-order valence-electron chi connectivity index (χ1n) is 7.55. The van der Waals surface area contributed by atoms with E-state index in [9.17, 15) is 9.59 Å². The molecule has 2 amide bonds. The van der Waals surface area contributed by atoms with Gasteiger partial charge in [-0.15, -0.1) is 0 Å². The molecule has 1 aromatic carbocycles. The molecule has 0 spiro atoms. The van der Waals surface area contributed by atoms with Gasteiger partial charge in [0, 0.05) is 25.4 Å². The number of hydrogen-bond donors (Lipinski definition) is 0. The number of ether oxygens (including phenoxy) is 2. The summed E-state index contributed by atoms with van der Waals surface area (Å²) in [6.45, 7) is 2.04. The Morgan fingerprint density at radius 3 is 2.48 bits per heavy atom. The fourth-order valence-corrected chi connectivity index (χ4v) is 3.75. The van der Waals surface area contributed by atoms with Crippen molar-refractivity contribution in [1.82, 2.24) is 9.80 Å². The van der Waals surface area contributed by atoms with Gasteiger partial charge >= 0.3 is 0 Å². The summed E-state index contributed by atoms with van der Waals surface area (Å²) in [6, 6.07) is 3.92. The average molecular weight is 336 g/mol. The Morgan fingerprint density at radius 2 is 1.87 bits per heavy atom. The van der Waals surface area contributed by atoms with Crippen LogP contribution in [-0.4, -0.2) is 60.6 Å². The Morgan fingerprint density at radius 1 is 1.17 bits per heavy atom. The first-order valence-corrected chi connectivity index (χ1v) is 8.54. The van der Waals surface area contributed by atoms with Gasteiger partial charge in [-0.2, -0.15) is 0 Å². The van der Waals surface area contributed by atoms with Crippen molar-refractivity contribution in [2.24, 2.45) is 0 Å². The van der Waals surface area contributed by atoms with E-state index in [1.165, 1.54) is 17.3 Å². The second-order valence-electron chi connectivity index (χ2n) is 5.58. The van der Waals surface area contributed by atoms with E-state index in [0.29, 0.717) is 31.1 Å². The highest BCUT2D eigenvalue weighted by Gasteiger charge is 2.28. The van der Waals surface area contributed by atoms with Crippen LogP contribution in [0.2, 0.25) is 0 Å². The monoisotopic (exact) mass is 336 g/mol. The molecule has 0 aliphatic carbocycles. The molecule has 0 saturated carbocycles. The summed E-state index contributed by atoms with van der Waals surface area (Å²) < 4.78 is 10.7. The molecule has 0 unspecified atom stereocenters. The smallest absolute Gasteiger partial charge is 0.282 e. The van der Waals surface area contributed by atoms with Gasteiger partial charge in [-0.1, -0.05) is 11.8 Å². The van der Waals surface area contributed by atoms with Gasteiger partial charge in [0.1, 0.15) is 6.54 Å². The fraction of sp³-hybridized carbons (Fsp3) is 0.500. The van der Waals surface area contributed by atoms with Crippen molar-refractivity contribution in [2.45, 2.75) is 13.0 Å². The van der Waals surface area contributed by atoms with Crippen LogP contribution in [-0.2, 0) is 17.8 Å². The molecular weight excluding hydrogens is 316 g/mol. The van der Waals surface area contributed by atoms with E-state index in [4.69, 9.17) is 9.47 Å². The summed E-state index contributed by atoms with van der Waals surface area (Å²) in [7, 11) is 3.22. The van der Waals surface area contributed by atoms with E-state index in [0.717, 1.165) is 17.7 Å². The van der Waals surface area contributed by atoms with Crippen LogP contribution in [0.4, 0.5) is 4.79 Å². The van der Waals surface area contributed by atoms with E-state index < -0.39 is 0 Å². The van der Waals surface area contributed by atoms with Crippen molar-refractivity contribution >= 4 is 22.9 Å². The molecule has 0 bridgehead atoms. The van der Waals surface area contributed by atoms with Gasteiger partial charge in [-0.3, -0.25) is 9.59 Å². The van der Waals surface area contributed by atoms with Crippen LogP contribution < -0.4 is 9.47 Å². The minimum atomic E-state index is 0.00119. The quantitative estimate of drug-likeness (QED) is 0.838. The number of methoxy groups -OCH3 is 2. The molecule has 1 fully saturated rings. The molecule has 0 atom stereocenters. The van der Waals surface area contributed by atoms with E-state index >= 15 is 0 Å². The maximum Gasteiger partial charge on any atom is 0.282 e. The van der Waals surface area contributed by atoms with E-state index in [1.54, 1.807) is 19.1 Å².